The van der Waals surface area contributed by atoms with Crippen molar-refractivity contribution in [2.45, 2.75) is 11.8 Å². The molecule has 0 saturated carbocycles. The summed E-state index contributed by atoms with van der Waals surface area (Å²) < 4.78 is 28.9. The second-order valence-corrected chi connectivity index (χ2v) is 8.83. The number of sulfonamides is 1. The van der Waals surface area contributed by atoms with Gasteiger partial charge < -0.3 is 9.88 Å². The molecule has 2 heterocycles. The van der Waals surface area contributed by atoms with Crippen molar-refractivity contribution in [2.75, 3.05) is 10.0 Å². The van der Waals surface area contributed by atoms with Crippen LogP contribution in [0.1, 0.15) is 16.1 Å². The molecule has 0 fully saturated rings. The first-order valence-electron chi connectivity index (χ1n) is 8.94. The molecule has 4 aromatic rings. The van der Waals surface area contributed by atoms with E-state index in [9.17, 15) is 13.2 Å². The van der Waals surface area contributed by atoms with E-state index in [1.165, 1.54) is 36.5 Å². The standard InChI is InChI=1S/C20H18ClN5O3S/c1-12-3-8-16-15(19(12)21)11-17(26(16)2)20(27)23-13-4-6-14(7-5-13)30(28,29)25-18-9-10-22-24-18/h3-11H,1-2H3,(H,23,27)(H2,22,24,25). The van der Waals surface area contributed by atoms with Gasteiger partial charge in [-0.1, -0.05) is 17.7 Å². The molecule has 0 unspecified atom stereocenters. The molecule has 3 N–H and O–H groups in total. The van der Waals surface area contributed by atoms with E-state index in [-0.39, 0.29) is 16.6 Å². The van der Waals surface area contributed by atoms with Crippen LogP contribution in [0.5, 0.6) is 0 Å². The number of fused-ring (bicyclic) bond motifs is 1. The van der Waals surface area contributed by atoms with Gasteiger partial charge in [0, 0.05) is 29.7 Å². The fraction of sp³-hybridized carbons (Fsp3) is 0.100. The number of amides is 1. The van der Waals surface area contributed by atoms with Crippen LogP contribution in [-0.4, -0.2) is 29.1 Å². The molecule has 2 aromatic carbocycles. The Kier molecular flexibility index (Phi) is 5.00. The predicted molar refractivity (Wildman–Crippen MR) is 116 cm³/mol. The summed E-state index contributed by atoms with van der Waals surface area (Å²) in [7, 11) is -1.97. The largest absolute Gasteiger partial charge is 0.340 e. The third-order valence-electron chi connectivity index (χ3n) is 4.75. The molecule has 0 aliphatic rings. The molecule has 2 aromatic heterocycles. The molecule has 0 radical (unpaired) electrons. The highest BCUT2D eigenvalue weighted by atomic mass is 35.5. The fourth-order valence-corrected chi connectivity index (χ4v) is 4.36. The molecule has 4 rings (SSSR count). The number of aromatic amines is 1. The summed E-state index contributed by atoms with van der Waals surface area (Å²) in [5, 5.41) is 10.4. The van der Waals surface area contributed by atoms with E-state index in [4.69, 9.17) is 11.6 Å². The molecule has 0 spiro atoms. The lowest BCUT2D eigenvalue weighted by molar-refractivity contribution is 0.101. The highest BCUT2D eigenvalue weighted by molar-refractivity contribution is 7.92. The van der Waals surface area contributed by atoms with Crippen molar-refractivity contribution < 1.29 is 13.2 Å². The number of aromatic nitrogens is 3. The molecule has 0 bridgehead atoms. The Hall–Kier alpha value is -3.30. The summed E-state index contributed by atoms with van der Waals surface area (Å²) in [4.78, 5) is 12.8. The Bertz CT molecular complexity index is 1340. The van der Waals surface area contributed by atoms with Crippen LogP contribution in [0, 0.1) is 6.92 Å². The quantitative estimate of drug-likeness (QED) is 0.434. The molecular formula is C20H18ClN5O3S. The Morgan fingerprint density at radius 3 is 2.53 bits per heavy atom. The first kappa shape index (κ1) is 20.0. The third-order valence-corrected chi connectivity index (χ3v) is 6.64. The highest BCUT2D eigenvalue weighted by Gasteiger charge is 2.18. The van der Waals surface area contributed by atoms with Crippen LogP contribution in [-0.2, 0) is 17.1 Å². The van der Waals surface area contributed by atoms with E-state index in [1.54, 1.807) is 17.7 Å². The van der Waals surface area contributed by atoms with E-state index in [0.29, 0.717) is 16.4 Å². The minimum Gasteiger partial charge on any atom is -0.340 e. The van der Waals surface area contributed by atoms with Gasteiger partial charge in [0.25, 0.3) is 15.9 Å². The number of halogens is 1. The lowest BCUT2D eigenvalue weighted by atomic mass is 10.2. The van der Waals surface area contributed by atoms with E-state index in [0.717, 1.165) is 16.5 Å². The second kappa shape index (κ2) is 7.51. The summed E-state index contributed by atoms with van der Waals surface area (Å²) in [5.41, 5.74) is 2.69. The van der Waals surface area contributed by atoms with Crippen molar-refractivity contribution in [1.82, 2.24) is 14.8 Å². The smallest absolute Gasteiger partial charge is 0.272 e. The maximum Gasteiger partial charge on any atom is 0.272 e. The fourth-order valence-electron chi connectivity index (χ4n) is 3.13. The molecule has 0 saturated heterocycles. The number of carbonyl (C=O) groups is 1. The average Bonchev–Trinajstić information content (AvgIpc) is 3.33. The number of benzene rings is 2. The minimum absolute atomic E-state index is 0.0574. The number of nitrogens with zero attached hydrogens (tertiary/aromatic N) is 2. The van der Waals surface area contributed by atoms with Crippen LogP contribution in [0.25, 0.3) is 10.9 Å². The Balaban J connectivity index is 1.55. The Morgan fingerprint density at radius 2 is 1.87 bits per heavy atom. The number of H-pyrrole nitrogens is 1. The minimum atomic E-state index is -3.77. The molecule has 0 atom stereocenters. The molecule has 0 aliphatic carbocycles. The average molecular weight is 444 g/mol. The Labute approximate surface area is 177 Å². The maximum atomic E-state index is 12.8. The van der Waals surface area contributed by atoms with Gasteiger partial charge in [-0.15, -0.1) is 0 Å². The number of rotatable bonds is 5. The van der Waals surface area contributed by atoms with Gasteiger partial charge in [0.1, 0.15) is 11.5 Å². The number of carbonyl (C=O) groups excluding carboxylic acids is 1. The summed E-state index contributed by atoms with van der Waals surface area (Å²) in [6.45, 7) is 1.91. The molecule has 30 heavy (non-hydrogen) atoms. The van der Waals surface area contributed by atoms with Crippen LogP contribution in [0.4, 0.5) is 11.5 Å². The second-order valence-electron chi connectivity index (χ2n) is 6.77. The van der Waals surface area contributed by atoms with Crippen LogP contribution in [0.3, 0.4) is 0 Å². The maximum absolute atomic E-state index is 12.8. The van der Waals surface area contributed by atoms with Crippen LogP contribution in [0.2, 0.25) is 5.02 Å². The van der Waals surface area contributed by atoms with Gasteiger partial charge in [-0.05, 0) is 48.9 Å². The summed E-state index contributed by atoms with van der Waals surface area (Å²) in [6, 6.07) is 12.9. The number of nitrogens with one attached hydrogen (secondary N) is 3. The SMILES string of the molecule is Cc1ccc2c(cc(C(=O)Nc3ccc(S(=O)(=O)Nc4ccn[nH]4)cc3)n2C)c1Cl. The van der Waals surface area contributed by atoms with E-state index in [2.05, 4.69) is 20.2 Å². The molecule has 0 aliphatic heterocycles. The predicted octanol–water partition coefficient (Wildman–Crippen LogP) is 3.92. The van der Waals surface area contributed by atoms with Gasteiger partial charge in [-0.25, -0.2) is 8.42 Å². The van der Waals surface area contributed by atoms with Crippen LogP contribution < -0.4 is 10.0 Å². The lowest BCUT2D eigenvalue weighted by Gasteiger charge is -2.09. The molecule has 8 nitrogen and oxygen atoms in total. The van der Waals surface area contributed by atoms with E-state index < -0.39 is 10.0 Å². The zero-order valence-corrected chi connectivity index (χ0v) is 17.7. The van der Waals surface area contributed by atoms with Crippen LogP contribution >= 0.6 is 11.6 Å². The topological polar surface area (TPSA) is 109 Å². The number of aryl methyl sites for hydroxylation is 2. The molecule has 10 heteroatoms. The first-order chi connectivity index (χ1) is 14.3. The van der Waals surface area contributed by atoms with Crippen molar-refractivity contribution in [3.63, 3.8) is 0 Å². The van der Waals surface area contributed by atoms with E-state index >= 15 is 0 Å². The third kappa shape index (κ3) is 3.64. The summed E-state index contributed by atoms with van der Waals surface area (Å²) in [5.74, 6) is -0.0642. The zero-order valence-electron chi connectivity index (χ0n) is 16.1. The number of hydrogen-bond donors (Lipinski definition) is 3. The van der Waals surface area contributed by atoms with Gasteiger partial charge in [-0.3, -0.25) is 14.6 Å². The van der Waals surface area contributed by atoms with Gasteiger partial charge in [-0.2, -0.15) is 5.10 Å². The number of anilines is 2. The molecule has 154 valence electrons. The van der Waals surface area contributed by atoms with Crippen LogP contribution in [0.15, 0.2) is 59.6 Å². The summed E-state index contributed by atoms with van der Waals surface area (Å²) >= 11 is 6.37. The van der Waals surface area contributed by atoms with Crippen molar-refractivity contribution in [2.24, 2.45) is 7.05 Å². The highest BCUT2D eigenvalue weighted by Crippen LogP contribution is 2.29. The van der Waals surface area contributed by atoms with Gasteiger partial charge in [0.05, 0.1) is 16.1 Å². The normalized spacial score (nSPS) is 11.6. The summed E-state index contributed by atoms with van der Waals surface area (Å²) in [6.07, 6.45) is 1.44. The van der Waals surface area contributed by atoms with Gasteiger partial charge >= 0.3 is 0 Å². The van der Waals surface area contributed by atoms with Crippen molar-refractivity contribution >= 4 is 49.9 Å². The zero-order chi connectivity index (χ0) is 21.5. The first-order valence-corrected chi connectivity index (χ1v) is 10.8. The monoisotopic (exact) mass is 443 g/mol. The lowest BCUT2D eigenvalue weighted by Crippen LogP contribution is -2.16. The van der Waals surface area contributed by atoms with Crippen molar-refractivity contribution in [1.29, 1.82) is 0 Å². The van der Waals surface area contributed by atoms with E-state index in [1.807, 2.05) is 19.1 Å². The van der Waals surface area contributed by atoms with Gasteiger partial charge in [0.2, 0.25) is 0 Å². The van der Waals surface area contributed by atoms with Crippen molar-refractivity contribution in [3.8, 4) is 0 Å². The van der Waals surface area contributed by atoms with Crippen molar-refractivity contribution in [3.05, 3.63) is 71.0 Å². The molecular weight excluding hydrogens is 426 g/mol. The Morgan fingerprint density at radius 1 is 1.13 bits per heavy atom. The number of hydrogen-bond acceptors (Lipinski definition) is 4. The molecule has 1 amide bonds. The van der Waals surface area contributed by atoms with Gasteiger partial charge in [0.15, 0.2) is 0 Å².